The van der Waals surface area contributed by atoms with Crippen LogP contribution in [0.5, 0.6) is 0 Å². The van der Waals surface area contributed by atoms with Crippen LogP contribution in [0.15, 0.2) is 0 Å². The fourth-order valence-electron chi connectivity index (χ4n) is 3.76. The van der Waals surface area contributed by atoms with Crippen molar-refractivity contribution in [1.29, 1.82) is 0 Å². The second kappa shape index (κ2) is 6.28. The van der Waals surface area contributed by atoms with Crippen molar-refractivity contribution in [3.8, 4) is 0 Å². The van der Waals surface area contributed by atoms with Gasteiger partial charge in [-0.25, -0.2) is 0 Å². The van der Waals surface area contributed by atoms with Crippen molar-refractivity contribution in [2.45, 2.75) is 72.1 Å². The Morgan fingerprint density at radius 3 is 1.89 bits per heavy atom. The zero-order chi connectivity index (χ0) is 13.9. The third-order valence-corrected chi connectivity index (χ3v) is 5.22. The zero-order valence-corrected chi connectivity index (χ0v) is 13.1. The van der Waals surface area contributed by atoms with Crippen molar-refractivity contribution in [1.82, 2.24) is 4.90 Å². The van der Waals surface area contributed by atoms with E-state index in [9.17, 15) is 4.79 Å². The molecule has 2 aliphatic rings. The maximum absolute atomic E-state index is 12.6. The highest BCUT2D eigenvalue weighted by molar-refractivity contribution is 5.79. The van der Waals surface area contributed by atoms with Crippen LogP contribution in [0, 0.1) is 17.3 Å². The Morgan fingerprint density at radius 1 is 0.895 bits per heavy atom. The first kappa shape index (κ1) is 14.9. The molecule has 1 aliphatic heterocycles. The molecule has 1 saturated carbocycles. The minimum absolute atomic E-state index is 0.330. The largest absolute Gasteiger partial charge is 0.342 e. The molecule has 0 N–H and O–H groups in total. The number of nitrogens with zero attached hydrogens (tertiary/aromatic N) is 1. The smallest absolute Gasteiger partial charge is 0.225 e. The number of likely N-dealkylation sites (tertiary alicyclic amines) is 1. The molecule has 1 heterocycles. The van der Waals surface area contributed by atoms with Gasteiger partial charge in [-0.15, -0.1) is 0 Å². The number of hydrogen-bond acceptors (Lipinski definition) is 1. The summed E-state index contributed by atoms with van der Waals surface area (Å²) in [5, 5.41) is 0. The lowest BCUT2D eigenvalue weighted by Crippen LogP contribution is -2.39. The maximum Gasteiger partial charge on any atom is 0.225 e. The van der Waals surface area contributed by atoms with E-state index in [0.717, 1.165) is 31.8 Å². The van der Waals surface area contributed by atoms with E-state index in [1.807, 2.05) is 0 Å². The SMILES string of the molecule is CC(C)(C)C1CCC(C(=O)N2CCCCCC2)CC1. The monoisotopic (exact) mass is 265 g/mol. The molecule has 1 aliphatic carbocycles. The standard InChI is InChI=1S/C17H31NO/c1-17(2,3)15-10-8-14(9-11-15)16(19)18-12-6-4-5-7-13-18/h14-15H,4-13H2,1-3H3. The molecule has 0 aromatic carbocycles. The predicted octanol–water partition coefficient (Wildman–Crippen LogP) is 4.24. The number of carbonyl (C=O) groups is 1. The molecule has 2 fully saturated rings. The highest BCUT2D eigenvalue weighted by Crippen LogP contribution is 2.40. The molecule has 1 amide bonds. The Morgan fingerprint density at radius 2 is 1.42 bits per heavy atom. The molecule has 0 unspecified atom stereocenters. The highest BCUT2D eigenvalue weighted by atomic mass is 16.2. The molecular weight excluding hydrogens is 234 g/mol. The van der Waals surface area contributed by atoms with E-state index in [-0.39, 0.29) is 0 Å². The second-order valence-electron chi connectivity index (χ2n) is 7.65. The maximum atomic E-state index is 12.6. The third-order valence-electron chi connectivity index (χ3n) is 5.22. The minimum Gasteiger partial charge on any atom is -0.342 e. The molecule has 0 atom stereocenters. The van der Waals surface area contributed by atoms with Crippen LogP contribution in [0.3, 0.4) is 0 Å². The Balaban J connectivity index is 1.85. The van der Waals surface area contributed by atoms with Crippen LogP contribution in [0.4, 0.5) is 0 Å². The molecular formula is C17H31NO. The summed E-state index contributed by atoms with van der Waals surface area (Å²) in [5.74, 6) is 1.60. The van der Waals surface area contributed by atoms with Crippen molar-refractivity contribution in [3.05, 3.63) is 0 Å². The molecule has 2 nitrogen and oxygen atoms in total. The summed E-state index contributed by atoms with van der Waals surface area (Å²) in [7, 11) is 0. The van der Waals surface area contributed by atoms with E-state index in [1.54, 1.807) is 0 Å². The Kier molecular flexibility index (Phi) is 4.92. The fraction of sp³-hybridized carbons (Fsp3) is 0.941. The lowest BCUT2D eigenvalue weighted by molar-refractivity contribution is -0.137. The van der Waals surface area contributed by atoms with Gasteiger partial charge in [0.1, 0.15) is 0 Å². The quantitative estimate of drug-likeness (QED) is 0.694. The van der Waals surface area contributed by atoms with Gasteiger partial charge in [0.25, 0.3) is 0 Å². The molecule has 0 spiro atoms. The van der Waals surface area contributed by atoms with E-state index >= 15 is 0 Å². The topological polar surface area (TPSA) is 20.3 Å². The van der Waals surface area contributed by atoms with Crippen LogP contribution in [-0.4, -0.2) is 23.9 Å². The van der Waals surface area contributed by atoms with E-state index in [2.05, 4.69) is 25.7 Å². The molecule has 0 aromatic heterocycles. The first-order valence-corrected chi connectivity index (χ1v) is 8.27. The normalized spacial score (nSPS) is 29.9. The average molecular weight is 265 g/mol. The van der Waals surface area contributed by atoms with Crippen molar-refractivity contribution in [3.63, 3.8) is 0 Å². The zero-order valence-electron chi connectivity index (χ0n) is 13.1. The summed E-state index contributed by atoms with van der Waals surface area (Å²) in [6.07, 6.45) is 9.77. The molecule has 2 heteroatoms. The van der Waals surface area contributed by atoms with Crippen molar-refractivity contribution in [2.75, 3.05) is 13.1 Å². The summed E-state index contributed by atoms with van der Waals surface area (Å²) in [4.78, 5) is 14.7. The van der Waals surface area contributed by atoms with Crippen LogP contribution in [-0.2, 0) is 4.79 Å². The van der Waals surface area contributed by atoms with Crippen LogP contribution in [0.2, 0.25) is 0 Å². The Hall–Kier alpha value is -0.530. The summed E-state index contributed by atoms with van der Waals surface area (Å²) in [6, 6.07) is 0. The summed E-state index contributed by atoms with van der Waals surface area (Å²) in [6.45, 7) is 9.05. The molecule has 1 saturated heterocycles. The van der Waals surface area contributed by atoms with Gasteiger partial charge in [-0.3, -0.25) is 4.79 Å². The lowest BCUT2D eigenvalue weighted by Gasteiger charge is -2.37. The molecule has 19 heavy (non-hydrogen) atoms. The van der Waals surface area contributed by atoms with Crippen molar-refractivity contribution in [2.24, 2.45) is 17.3 Å². The van der Waals surface area contributed by atoms with Gasteiger partial charge in [0, 0.05) is 19.0 Å². The molecule has 110 valence electrons. The van der Waals surface area contributed by atoms with E-state index in [0.29, 0.717) is 17.2 Å². The second-order valence-corrected chi connectivity index (χ2v) is 7.65. The molecule has 0 radical (unpaired) electrons. The van der Waals surface area contributed by atoms with Gasteiger partial charge in [-0.05, 0) is 49.9 Å². The minimum atomic E-state index is 0.330. The van der Waals surface area contributed by atoms with Gasteiger partial charge < -0.3 is 4.90 Å². The van der Waals surface area contributed by atoms with Gasteiger partial charge >= 0.3 is 0 Å². The van der Waals surface area contributed by atoms with Gasteiger partial charge in [0.15, 0.2) is 0 Å². The third kappa shape index (κ3) is 3.97. The first-order valence-electron chi connectivity index (χ1n) is 8.27. The highest BCUT2D eigenvalue weighted by Gasteiger charge is 2.33. The fourth-order valence-corrected chi connectivity index (χ4v) is 3.76. The summed E-state index contributed by atoms with van der Waals surface area (Å²) < 4.78 is 0. The molecule has 0 bridgehead atoms. The van der Waals surface area contributed by atoms with Crippen LogP contribution in [0.1, 0.15) is 72.1 Å². The number of rotatable bonds is 1. The Labute approximate surface area is 118 Å². The molecule has 2 rings (SSSR count). The summed E-state index contributed by atoms with van der Waals surface area (Å²) in [5.41, 5.74) is 0.413. The van der Waals surface area contributed by atoms with Crippen molar-refractivity contribution < 1.29 is 4.79 Å². The van der Waals surface area contributed by atoms with Crippen LogP contribution in [0.25, 0.3) is 0 Å². The lowest BCUT2D eigenvalue weighted by atomic mass is 9.69. The van der Waals surface area contributed by atoms with Crippen LogP contribution >= 0.6 is 0 Å². The van der Waals surface area contributed by atoms with Gasteiger partial charge in [0.2, 0.25) is 5.91 Å². The Bertz CT molecular complexity index is 289. The molecule has 0 aromatic rings. The number of carbonyl (C=O) groups excluding carboxylic acids is 1. The van der Waals surface area contributed by atoms with Crippen LogP contribution < -0.4 is 0 Å². The first-order chi connectivity index (χ1) is 8.98. The van der Waals surface area contributed by atoms with E-state index < -0.39 is 0 Å². The average Bonchev–Trinajstić information content (AvgIpc) is 2.66. The van der Waals surface area contributed by atoms with Gasteiger partial charge in [-0.2, -0.15) is 0 Å². The van der Waals surface area contributed by atoms with Gasteiger partial charge in [0.05, 0.1) is 0 Å². The predicted molar refractivity (Wildman–Crippen MR) is 80.0 cm³/mol. The summed E-state index contributed by atoms with van der Waals surface area (Å²) >= 11 is 0. The van der Waals surface area contributed by atoms with E-state index in [4.69, 9.17) is 0 Å². The van der Waals surface area contributed by atoms with Gasteiger partial charge in [-0.1, -0.05) is 33.6 Å². The number of hydrogen-bond donors (Lipinski definition) is 0. The number of amides is 1. The van der Waals surface area contributed by atoms with E-state index in [1.165, 1.54) is 38.5 Å². The van der Waals surface area contributed by atoms with Crippen molar-refractivity contribution >= 4 is 5.91 Å².